The quantitative estimate of drug-likeness (QED) is 0.612. The summed E-state index contributed by atoms with van der Waals surface area (Å²) in [5.74, 6) is 0.809. The van der Waals surface area contributed by atoms with E-state index in [2.05, 4.69) is 12.0 Å². The van der Waals surface area contributed by atoms with Gasteiger partial charge in [0.25, 0.3) is 5.91 Å². The molecule has 2 N–H and O–H groups in total. The van der Waals surface area contributed by atoms with Crippen molar-refractivity contribution >= 4 is 33.4 Å². The normalized spacial score (nSPS) is 15.6. The number of nitrogens with zero attached hydrogens (tertiary/aromatic N) is 2. The molecule has 0 fully saturated rings. The van der Waals surface area contributed by atoms with E-state index in [1.54, 1.807) is 37.3 Å². The smallest absolute Gasteiger partial charge is 0.280 e. The molecule has 8 heteroatoms. The van der Waals surface area contributed by atoms with E-state index in [4.69, 9.17) is 9.56 Å². The first-order valence-corrected chi connectivity index (χ1v) is 11.2. The summed E-state index contributed by atoms with van der Waals surface area (Å²) in [5.41, 5.74) is 3.63. The van der Waals surface area contributed by atoms with Crippen molar-refractivity contribution in [2.24, 2.45) is 10.2 Å². The molecule has 3 aromatic rings. The van der Waals surface area contributed by atoms with Gasteiger partial charge in [-0.3, -0.25) is 4.79 Å². The van der Waals surface area contributed by atoms with Crippen molar-refractivity contribution in [1.29, 1.82) is 0 Å². The predicted molar refractivity (Wildman–Crippen MR) is 120 cm³/mol. The number of hydrazone groups is 1. The van der Waals surface area contributed by atoms with Crippen molar-refractivity contribution in [2.75, 3.05) is 5.01 Å². The van der Waals surface area contributed by atoms with Crippen LogP contribution in [-0.2, 0) is 21.2 Å². The van der Waals surface area contributed by atoms with Crippen molar-refractivity contribution < 1.29 is 17.6 Å². The topological polar surface area (TPSA) is 106 Å². The monoisotopic (exact) mass is 435 g/mol. The number of hydrogen-bond acceptors (Lipinski definition) is 5. The molecule has 31 heavy (non-hydrogen) atoms. The first-order valence-electron chi connectivity index (χ1n) is 9.70. The van der Waals surface area contributed by atoms with E-state index >= 15 is 0 Å². The van der Waals surface area contributed by atoms with Crippen LogP contribution < -0.4 is 10.1 Å². The Bertz CT molecular complexity index is 1300. The molecule has 0 spiro atoms. The number of carbonyl (C=O) groups excluding carboxylic acids is 1. The van der Waals surface area contributed by atoms with E-state index in [-0.39, 0.29) is 10.8 Å². The third-order valence-electron chi connectivity index (χ3n) is 5.03. The highest BCUT2D eigenvalue weighted by Gasteiger charge is 2.29. The first-order chi connectivity index (χ1) is 14.8. The molecule has 0 radical (unpaired) electrons. The molecule has 1 aliphatic heterocycles. The zero-order valence-electron chi connectivity index (χ0n) is 17.1. The highest BCUT2D eigenvalue weighted by Crippen LogP contribution is 2.28. The maximum atomic E-state index is 12.9. The third kappa shape index (κ3) is 4.21. The number of carbonyl (C=O) groups is 1. The maximum Gasteiger partial charge on any atom is 0.280 e. The number of furan rings is 1. The standard InChI is InChI=1S/C23H21N3O4S/c1-3-16-4-8-18(9-5-16)26-23(27)21(15(2)25-26)14-19-10-13-22(30-19)17-6-11-20(12-7-17)31(24,28)29/h4-14H,3H2,1-2H3,(H2,24,28,29). The molecule has 1 aliphatic rings. The molecule has 4 rings (SSSR count). The summed E-state index contributed by atoms with van der Waals surface area (Å²) in [4.78, 5) is 12.9. The molecule has 0 saturated heterocycles. The molecule has 0 bridgehead atoms. The lowest BCUT2D eigenvalue weighted by molar-refractivity contribution is -0.114. The highest BCUT2D eigenvalue weighted by molar-refractivity contribution is 7.89. The van der Waals surface area contributed by atoms with E-state index in [0.29, 0.717) is 34.1 Å². The van der Waals surface area contributed by atoms with Crippen LogP contribution in [0.15, 0.2) is 80.7 Å². The summed E-state index contributed by atoms with van der Waals surface area (Å²) < 4.78 is 28.6. The fourth-order valence-electron chi connectivity index (χ4n) is 3.27. The molecule has 2 heterocycles. The van der Waals surface area contributed by atoms with Crippen molar-refractivity contribution in [3.8, 4) is 11.3 Å². The van der Waals surface area contributed by atoms with Crippen LogP contribution in [0, 0.1) is 0 Å². The number of amides is 1. The van der Waals surface area contributed by atoms with Gasteiger partial charge in [-0.15, -0.1) is 0 Å². The fraction of sp³-hybridized carbons (Fsp3) is 0.130. The molecular weight excluding hydrogens is 414 g/mol. The van der Waals surface area contributed by atoms with Gasteiger partial charge in [-0.25, -0.2) is 13.6 Å². The Morgan fingerprint density at radius 1 is 1.03 bits per heavy atom. The Balaban J connectivity index is 1.57. The van der Waals surface area contributed by atoms with Gasteiger partial charge >= 0.3 is 0 Å². The van der Waals surface area contributed by atoms with E-state index < -0.39 is 10.0 Å². The van der Waals surface area contributed by atoms with Gasteiger partial charge in [0.15, 0.2) is 0 Å². The van der Waals surface area contributed by atoms with E-state index in [1.165, 1.54) is 22.7 Å². The molecule has 0 unspecified atom stereocenters. The second-order valence-corrected chi connectivity index (χ2v) is 8.71. The Morgan fingerprint density at radius 3 is 2.32 bits per heavy atom. The summed E-state index contributed by atoms with van der Waals surface area (Å²) in [6.07, 6.45) is 2.58. The summed E-state index contributed by atoms with van der Waals surface area (Å²) in [7, 11) is -3.75. The zero-order valence-corrected chi connectivity index (χ0v) is 17.9. The van der Waals surface area contributed by atoms with Gasteiger partial charge < -0.3 is 4.42 Å². The van der Waals surface area contributed by atoms with Crippen LogP contribution in [-0.4, -0.2) is 20.0 Å². The average molecular weight is 436 g/mol. The molecule has 0 atom stereocenters. The summed E-state index contributed by atoms with van der Waals surface area (Å²) in [5, 5.41) is 10.9. The van der Waals surface area contributed by atoms with Gasteiger partial charge in [0.1, 0.15) is 11.5 Å². The zero-order chi connectivity index (χ0) is 22.2. The van der Waals surface area contributed by atoms with E-state index in [1.807, 2.05) is 24.3 Å². The van der Waals surface area contributed by atoms with Gasteiger partial charge in [0.05, 0.1) is 21.9 Å². The van der Waals surface area contributed by atoms with Gasteiger partial charge in [-0.05, 0) is 73.5 Å². The first kappa shape index (κ1) is 20.8. The number of anilines is 1. The van der Waals surface area contributed by atoms with Crippen LogP contribution in [0.2, 0.25) is 0 Å². The minimum atomic E-state index is -3.75. The van der Waals surface area contributed by atoms with Crippen molar-refractivity contribution in [2.45, 2.75) is 25.2 Å². The number of rotatable bonds is 5. The molecule has 1 amide bonds. The average Bonchev–Trinajstić information content (AvgIpc) is 3.34. The number of benzene rings is 2. The number of hydrogen-bond donors (Lipinski definition) is 1. The minimum Gasteiger partial charge on any atom is -0.457 e. The lowest BCUT2D eigenvalue weighted by Gasteiger charge is -2.12. The van der Waals surface area contributed by atoms with Gasteiger partial charge in [0.2, 0.25) is 10.0 Å². The van der Waals surface area contributed by atoms with Crippen LogP contribution >= 0.6 is 0 Å². The fourth-order valence-corrected chi connectivity index (χ4v) is 3.78. The number of aryl methyl sites for hydroxylation is 1. The Kier molecular flexibility index (Phi) is 5.34. The number of nitrogens with two attached hydrogens (primary N) is 1. The second kappa shape index (κ2) is 7.98. The van der Waals surface area contributed by atoms with Crippen molar-refractivity contribution in [3.05, 3.63) is 77.6 Å². The summed E-state index contributed by atoms with van der Waals surface area (Å²) >= 11 is 0. The molecule has 158 valence electrons. The Labute approximate surface area is 180 Å². The van der Waals surface area contributed by atoms with Crippen molar-refractivity contribution in [1.82, 2.24) is 0 Å². The van der Waals surface area contributed by atoms with Crippen molar-refractivity contribution in [3.63, 3.8) is 0 Å². The highest BCUT2D eigenvalue weighted by atomic mass is 32.2. The summed E-state index contributed by atoms with van der Waals surface area (Å²) in [6.45, 7) is 3.85. The third-order valence-corrected chi connectivity index (χ3v) is 5.96. The van der Waals surface area contributed by atoms with Crippen LogP contribution in [0.25, 0.3) is 17.4 Å². The van der Waals surface area contributed by atoms with Gasteiger partial charge in [-0.2, -0.15) is 10.1 Å². The lowest BCUT2D eigenvalue weighted by atomic mass is 10.1. The van der Waals surface area contributed by atoms with E-state index in [0.717, 1.165) is 6.42 Å². The maximum absolute atomic E-state index is 12.9. The molecular formula is C23H21N3O4S. The second-order valence-electron chi connectivity index (χ2n) is 7.15. The molecule has 0 aliphatic carbocycles. The van der Waals surface area contributed by atoms with Crippen LogP contribution in [0.4, 0.5) is 5.69 Å². The Morgan fingerprint density at radius 2 is 1.71 bits per heavy atom. The molecule has 1 aromatic heterocycles. The molecule has 0 saturated carbocycles. The minimum absolute atomic E-state index is 0.0283. The van der Waals surface area contributed by atoms with Crippen LogP contribution in [0.1, 0.15) is 25.2 Å². The predicted octanol–water partition coefficient (Wildman–Crippen LogP) is 3.96. The molecule has 2 aromatic carbocycles. The number of sulfonamides is 1. The largest absolute Gasteiger partial charge is 0.457 e. The summed E-state index contributed by atoms with van der Waals surface area (Å²) in [6, 6.07) is 17.3. The van der Waals surface area contributed by atoms with Crippen LogP contribution in [0.5, 0.6) is 0 Å². The number of primary sulfonamides is 1. The Hall–Kier alpha value is -3.49. The van der Waals surface area contributed by atoms with E-state index in [9.17, 15) is 13.2 Å². The van der Waals surface area contributed by atoms with Gasteiger partial charge in [0, 0.05) is 5.56 Å². The SMILES string of the molecule is CCc1ccc(N2N=C(C)C(=Cc3ccc(-c4ccc(S(N)(=O)=O)cc4)o3)C2=O)cc1. The van der Waals surface area contributed by atoms with Gasteiger partial charge in [-0.1, -0.05) is 19.1 Å². The van der Waals surface area contributed by atoms with Crippen LogP contribution in [0.3, 0.4) is 0 Å². The molecule has 7 nitrogen and oxygen atoms in total. The lowest BCUT2D eigenvalue weighted by Crippen LogP contribution is -2.21.